The second-order valence-electron chi connectivity index (χ2n) is 7.54. The van der Waals surface area contributed by atoms with Crippen LogP contribution >= 0.6 is 0 Å². The summed E-state index contributed by atoms with van der Waals surface area (Å²) in [6.07, 6.45) is 4.13. The van der Waals surface area contributed by atoms with E-state index >= 15 is 0 Å². The van der Waals surface area contributed by atoms with E-state index in [1.807, 2.05) is 36.4 Å². The van der Waals surface area contributed by atoms with Crippen LogP contribution in [0.1, 0.15) is 6.42 Å². The molecule has 1 aliphatic rings. The molecule has 2 N–H and O–H groups in total. The van der Waals surface area contributed by atoms with Gasteiger partial charge in [-0.3, -0.25) is 9.11 Å². The van der Waals surface area contributed by atoms with Gasteiger partial charge in [0.25, 0.3) is 0 Å². The highest BCUT2D eigenvalue weighted by Crippen LogP contribution is 2.35. The van der Waals surface area contributed by atoms with Gasteiger partial charge in [-0.15, -0.1) is 0 Å². The Labute approximate surface area is 201 Å². The molecule has 0 radical (unpaired) electrons. The first-order chi connectivity index (χ1) is 16.7. The standard InChI is InChI=1S/C22H21N5O3.H2O4S/c1-28-19-9-15-18(10-20(19)29-2)24-13-25-22(15)27-8-7-14(12-27)30-21-11-23-16-5-3-4-6-17(16)26-21;1-5(2,3)4/h3-6,9-11,13-14H,7-8,12H2,1-2H3;(H2,1,2,3,4)/t14-;/m1./s1. The van der Waals surface area contributed by atoms with E-state index in [-0.39, 0.29) is 6.10 Å². The monoisotopic (exact) mass is 501 g/mol. The molecule has 2 aromatic carbocycles. The van der Waals surface area contributed by atoms with Crippen LogP contribution in [0.3, 0.4) is 0 Å². The van der Waals surface area contributed by atoms with Crippen LogP contribution in [0.15, 0.2) is 48.9 Å². The van der Waals surface area contributed by atoms with E-state index in [4.69, 9.17) is 31.7 Å². The van der Waals surface area contributed by atoms with Crippen molar-refractivity contribution in [2.24, 2.45) is 0 Å². The number of fused-ring (bicyclic) bond motifs is 2. The van der Waals surface area contributed by atoms with Crippen LogP contribution in [0, 0.1) is 0 Å². The van der Waals surface area contributed by atoms with Gasteiger partial charge in [0.2, 0.25) is 5.88 Å². The Balaban J connectivity index is 0.000000527. The van der Waals surface area contributed by atoms with Crippen LogP contribution in [-0.4, -0.2) is 70.9 Å². The van der Waals surface area contributed by atoms with Crippen molar-refractivity contribution in [2.45, 2.75) is 12.5 Å². The van der Waals surface area contributed by atoms with Gasteiger partial charge in [0, 0.05) is 24.4 Å². The first-order valence-electron chi connectivity index (χ1n) is 10.4. The Bertz CT molecular complexity index is 1440. The maximum absolute atomic E-state index is 8.74. The van der Waals surface area contributed by atoms with E-state index in [0.29, 0.717) is 23.9 Å². The summed E-state index contributed by atoms with van der Waals surface area (Å²) in [6.45, 7) is 1.53. The van der Waals surface area contributed by atoms with E-state index in [0.717, 1.165) is 40.7 Å². The molecule has 0 amide bonds. The summed E-state index contributed by atoms with van der Waals surface area (Å²) in [6, 6.07) is 11.6. The molecule has 0 unspecified atom stereocenters. The molecule has 0 spiro atoms. The van der Waals surface area contributed by atoms with Gasteiger partial charge in [-0.1, -0.05) is 12.1 Å². The highest BCUT2D eigenvalue weighted by atomic mass is 32.3. The molecule has 1 aliphatic heterocycles. The van der Waals surface area contributed by atoms with Gasteiger partial charge >= 0.3 is 10.4 Å². The second-order valence-corrected chi connectivity index (χ2v) is 8.44. The lowest BCUT2D eigenvalue weighted by Crippen LogP contribution is -2.25. The highest BCUT2D eigenvalue weighted by molar-refractivity contribution is 7.79. The van der Waals surface area contributed by atoms with E-state index in [1.54, 1.807) is 26.7 Å². The van der Waals surface area contributed by atoms with Crippen molar-refractivity contribution in [3.05, 3.63) is 48.9 Å². The fourth-order valence-corrected chi connectivity index (χ4v) is 3.81. The number of nitrogens with zero attached hydrogens (tertiary/aromatic N) is 5. The van der Waals surface area contributed by atoms with Crippen LogP contribution in [0.4, 0.5) is 5.82 Å². The smallest absolute Gasteiger partial charge is 0.394 e. The number of rotatable bonds is 5. The number of anilines is 1. The van der Waals surface area contributed by atoms with E-state index < -0.39 is 10.4 Å². The third-order valence-corrected chi connectivity index (χ3v) is 5.28. The molecule has 1 fully saturated rings. The summed E-state index contributed by atoms with van der Waals surface area (Å²) >= 11 is 0. The van der Waals surface area contributed by atoms with E-state index in [1.165, 1.54) is 0 Å². The number of aromatic nitrogens is 4. The van der Waals surface area contributed by atoms with Gasteiger partial charge < -0.3 is 19.1 Å². The molecule has 0 aliphatic carbocycles. The summed E-state index contributed by atoms with van der Waals surface area (Å²) in [7, 11) is -1.43. The van der Waals surface area contributed by atoms with Crippen molar-refractivity contribution in [3.63, 3.8) is 0 Å². The van der Waals surface area contributed by atoms with Gasteiger partial charge in [0.1, 0.15) is 18.2 Å². The lowest BCUT2D eigenvalue weighted by molar-refractivity contribution is 0.216. The Morgan fingerprint density at radius 1 is 0.971 bits per heavy atom. The molecule has 1 atom stereocenters. The molecule has 0 saturated carbocycles. The number of hydrogen-bond donors (Lipinski definition) is 2. The molecule has 2 aromatic heterocycles. The van der Waals surface area contributed by atoms with Gasteiger partial charge in [-0.2, -0.15) is 8.42 Å². The Morgan fingerprint density at radius 2 is 1.66 bits per heavy atom. The minimum absolute atomic E-state index is 0.00521. The average molecular weight is 502 g/mol. The van der Waals surface area contributed by atoms with Crippen molar-refractivity contribution in [3.8, 4) is 17.4 Å². The predicted octanol–water partition coefficient (Wildman–Crippen LogP) is 2.60. The molecule has 4 aromatic rings. The first-order valence-corrected chi connectivity index (χ1v) is 11.8. The summed E-state index contributed by atoms with van der Waals surface area (Å²) < 4.78 is 48.6. The summed E-state index contributed by atoms with van der Waals surface area (Å²) in [4.78, 5) is 20.1. The minimum Gasteiger partial charge on any atom is -0.493 e. The molecule has 3 heterocycles. The fourth-order valence-electron chi connectivity index (χ4n) is 3.81. The molecular weight excluding hydrogens is 478 g/mol. The van der Waals surface area contributed by atoms with Crippen LogP contribution in [0.25, 0.3) is 21.9 Å². The topological polar surface area (TPSA) is 157 Å². The molecule has 184 valence electrons. The SMILES string of the molecule is COc1cc2ncnc(N3CC[C@@H](Oc4cnc5ccccc5n4)C3)c2cc1OC.O=S(=O)(O)O. The van der Waals surface area contributed by atoms with Crippen LogP contribution in [0.2, 0.25) is 0 Å². The van der Waals surface area contributed by atoms with Gasteiger partial charge in [0.15, 0.2) is 11.5 Å². The number of methoxy groups -OCH3 is 2. The van der Waals surface area contributed by atoms with E-state index in [2.05, 4.69) is 24.8 Å². The minimum atomic E-state index is -4.67. The van der Waals surface area contributed by atoms with Crippen molar-refractivity contribution >= 4 is 38.2 Å². The molecule has 5 rings (SSSR count). The number of ether oxygens (including phenoxy) is 3. The lowest BCUT2D eigenvalue weighted by atomic mass is 10.2. The average Bonchev–Trinajstić information content (AvgIpc) is 3.29. The highest BCUT2D eigenvalue weighted by Gasteiger charge is 2.27. The molecular formula is C22H23N5O7S. The van der Waals surface area contributed by atoms with Crippen molar-refractivity contribution in [2.75, 3.05) is 32.2 Å². The first kappa shape index (κ1) is 24.3. The maximum atomic E-state index is 8.74. The second kappa shape index (κ2) is 10.2. The number of para-hydroxylation sites is 2. The van der Waals surface area contributed by atoms with Crippen molar-refractivity contribution < 1.29 is 31.7 Å². The molecule has 12 nitrogen and oxygen atoms in total. The molecule has 35 heavy (non-hydrogen) atoms. The van der Waals surface area contributed by atoms with Gasteiger partial charge in [-0.25, -0.2) is 19.9 Å². The largest absolute Gasteiger partial charge is 0.493 e. The Morgan fingerprint density at radius 3 is 2.37 bits per heavy atom. The third-order valence-electron chi connectivity index (χ3n) is 5.28. The van der Waals surface area contributed by atoms with Crippen LogP contribution < -0.4 is 19.1 Å². The van der Waals surface area contributed by atoms with Crippen molar-refractivity contribution in [1.29, 1.82) is 0 Å². The fraction of sp³-hybridized carbons (Fsp3) is 0.273. The molecule has 0 bridgehead atoms. The van der Waals surface area contributed by atoms with Crippen LogP contribution in [0.5, 0.6) is 17.4 Å². The Hall–Kier alpha value is -3.81. The van der Waals surface area contributed by atoms with Gasteiger partial charge in [-0.05, 0) is 18.2 Å². The lowest BCUT2D eigenvalue weighted by Gasteiger charge is -2.20. The van der Waals surface area contributed by atoms with Crippen molar-refractivity contribution in [1.82, 2.24) is 19.9 Å². The molecule has 1 saturated heterocycles. The van der Waals surface area contributed by atoms with E-state index in [9.17, 15) is 0 Å². The number of benzene rings is 2. The normalized spacial score (nSPS) is 15.5. The maximum Gasteiger partial charge on any atom is 0.394 e. The summed E-state index contributed by atoms with van der Waals surface area (Å²) in [5.74, 6) is 2.70. The summed E-state index contributed by atoms with van der Waals surface area (Å²) in [5, 5.41) is 0.918. The molecule has 13 heteroatoms. The van der Waals surface area contributed by atoms with Crippen LogP contribution in [-0.2, 0) is 10.4 Å². The zero-order chi connectivity index (χ0) is 25.0. The zero-order valence-corrected chi connectivity index (χ0v) is 19.7. The Kier molecular flexibility index (Phi) is 7.10. The number of hydrogen-bond acceptors (Lipinski definition) is 10. The zero-order valence-electron chi connectivity index (χ0n) is 18.9. The third kappa shape index (κ3) is 6.01. The quantitative estimate of drug-likeness (QED) is 0.386. The predicted molar refractivity (Wildman–Crippen MR) is 128 cm³/mol. The summed E-state index contributed by atoms with van der Waals surface area (Å²) in [5.41, 5.74) is 2.49. The van der Waals surface area contributed by atoms with Gasteiger partial charge in [0.05, 0.1) is 43.5 Å².